The van der Waals surface area contributed by atoms with Gasteiger partial charge in [-0.2, -0.15) is 0 Å². The highest BCUT2D eigenvalue weighted by Gasteiger charge is 2.26. The highest BCUT2D eigenvalue weighted by Crippen LogP contribution is 2.29. The molecule has 0 aliphatic carbocycles. The maximum absolute atomic E-state index is 13.4. The van der Waals surface area contributed by atoms with Gasteiger partial charge < -0.3 is 5.32 Å². The molecule has 1 aromatic rings. The third-order valence-corrected chi connectivity index (χ3v) is 2.43. The quantitative estimate of drug-likeness (QED) is 0.626. The first kappa shape index (κ1) is 13.0. The van der Waals surface area contributed by atoms with Crippen LogP contribution >= 0.6 is 0 Å². The van der Waals surface area contributed by atoms with Gasteiger partial charge in [0, 0.05) is 17.7 Å². The zero-order valence-electron chi connectivity index (χ0n) is 9.24. The van der Waals surface area contributed by atoms with Gasteiger partial charge >= 0.3 is 0 Å². The molecule has 0 radical (unpaired) electrons. The number of hydrogen-bond acceptors (Lipinski definition) is 1. The van der Waals surface area contributed by atoms with E-state index in [9.17, 15) is 17.6 Å². The molecule has 0 aromatic heterocycles. The minimum Gasteiger partial charge on any atom is -0.313 e. The van der Waals surface area contributed by atoms with E-state index in [0.717, 1.165) is 0 Å². The summed E-state index contributed by atoms with van der Waals surface area (Å²) in [4.78, 5) is 0. The van der Waals surface area contributed by atoms with Crippen molar-refractivity contribution in [1.82, 2.24) is 5.32 Å². The van der Waals surface area contributed by atoms with Gasteiger partial charge in [0.1, 0.15) is 0 Å². The predicted octanol–water partition coefficient (Wildman–Crippen LogP) is 3.16. The molecule has 0 aliphatic rings. The molecule has 1 N–H and O–H groups in total. The Morgan fingerprint density at radius 3 is 1.75 bits per heavy atom. The third kappa shape index (κ3) is 2.19. The summed E-state index contributed by atoms with van der Waals surface area (Å²) in [7, 11) is 1.48. The Morgan fingerprint density at radius 2 is 1.44 bits per heavy atom. The van der Waals surface area contributed by atoms with Crippen LogP contribution < -0.4 is 5.32 Å². The average Bonchev–Trinajstić information content (AvgIpc) is 2.21. The smallest absolute Gasteiger partial charge is 0.166 e. The lowest BCUT2D eigenvalue weighted by molar-refractivity contribution is 0.372. The molecule has 0 saturated carbocycles. The molecular weight excluding hydrogens is 222 g/mol. The van der Waals surface area contributed by atoms with Gasteiger partial charge in [-0.25, -0.2) is 17.6 Å². The first-order valence-electron chi connectivity index (χ1n) is 4.90. The van der Waals surface area contributed by atoms with Crippen LogP contribution in [0.25, 0.3) is 0 Å². The Labute approximate surface area is 91.5 Å². The summed E-state index contributed by atoms with van der Waals surface area (Å²) in [6, 6.07) is -0.563. The van der Waals surface area contributed by atoms with E-state index < -0.39 is 34.9 Å². The number of hydrogen-bond donors (Lipinski definition) is 1. The fourth-order valence-electron chi connectivity index (χ4n) is 1.68. The van der Waals surface area contributed by atoms with E-state index in [0.29, 0.717) is 0 Å². The molecule has 1 atom stereocenters. The normalized spacial score (nSPS) is 13.2. The molecule has 0 bridgehead atoms. The maximum Gasteiger partial charge on any atom is 0.166 e. The molecule has 0 fully saturated rings. The lowest BCUT2D eigenvalue weighted by atomic mass is 9.95. The van der Waals surface area contributed by atoms with E-state index in [2.05, 4.69) is 5.32 Å². The molecule has 1 rings (SSSR count). The molecule has 5 heteroatoms. The SMILES string of the molecule is CNC(c1c(F)c(F)cc(F)c1F)C(C)C. The highest BCUT2D eigenvalue weighted by molar-refractivity contribution is 5.26. The van der Waals surface area contributed by atoms with Crippen molar-refractivity contribution < 1.29 is 17.6 Å². The van der Waals surface area contributed by atoms with Gasteiger partial charge in [-0.05, 0) is 13.0 Å². The van der Waals surface area contributed by atoms with Crippen LogP contribution in [0.5, 0.6) is 0 Å². The second-order valence-electron chi connectivity index (χ2n) is 3.89. The Kier molecular flexibility index (Phi) is 3.91. The van der Waals surface area contributed by atoms with E-state index >= 15 is 0 Å². The van der Waals surface area contributed by atoms with Crippen LogP contribution in [-0.2, 0) is 0 Å². The van der Waals surface area contributed by atoms with Crippen LogP contribution in [0.1, 0.15) is 25.5 Å². The lowest BCUT2D eigenvalue weighted by Crippen LogP contribution is -2.25. The van der Waals surface area contributed by atoms with Crippen LogP contribution in [0, 0.1) is 29.2 Å². The Balaban J connectivity index is 3.41. The Bertz CT molecular complexity index is 364. The standard InChI is InChI=1S/C11H13F4N/c1-5(2)11(16-3)8-9(14)6(12)4-7(13)10(8)15/h4-5,11,16H,1-3H3. The average molecular weight is 235 g/mol. The molecule has 1 aromatic carbocycles. The monoisotopic (exact) mass is 235 g/mol. The highest BCUT2D eigenvalue weighted by atomic mass is 19.2. The van der Waals surface area contributed by atoms with E-state index in [1.165, 1.54) is 7.05 Å². The van der Waals surface area contributed by atoms with Crippen molar-refractivity contribution >= 4 is 0 Å². The Hall–Kier alpha value is -1.10. The van der Waals surface area contributed by atoms with Gasteiger partial charge in [-0.3, -0.25) is 0 Å². The summed E-state index contributed by atoms with van der Waals surface area (Å²) >= 11 is 0. The first-order valence-corrected chi connectivity index (χ1v) is 4.90. The minimum absolute atomic E-state index is 0.199. The van der Waals surface area contributed by atoms with Crippen LogP contribution in [0.4, 0.5) is 17.6 Å². The molecule has 0 amide bonds. The van der Waals surface area contributed by atoms with E-state index in [-0.39, 0.29) is 12.0 Å². The first-order chi connectivity index (χ1) is 7.40. The summed E-state index contributed by atoms with van der Waals surface area (Å²) in [5.41, 5.74) is -0.588. The van der Waals surface area contributed by atoms with E-state index in [1.807, 2.05) is 0 Å². The van der Waals surface area contributed by atoms with Crippen molar-refractivity contribution in [3.05, 3.63) is 34.9 Å². The number of benzene rings is 1. The molecule has 0 heterocycles. The van der Waals surface area contributed by atoms with Crippen LogP contribution in [0.3, 0.4) is 0 Å². The van der Waals surface area contributed by atoms with Gasteiger partial charge in [0.15, 0.2) is 23.3 Å². The molecule has 0 spiro atoms. The summed E-state index contributed by atoms with van der Waals surface area (Å²) < 4.78 is 52.8. The van der Waals surface area contributed by atoms with Crippen molar-refractivity contribution in [1.29, 1.82) is 0 Å². The zero-order valence-corrected chi connectivity index (χ0v) is 9.24. The molecular formula is C11H13F4N. The van der Waals surface area contributed by atoms with Gasteiger partial charge in [0.25, 0.3) is 0 Å². The van der Waals surface area contributed by atoms with E-state index in [4.69, 9.17) is 0 Å². The molecule has 1 nitrogen and oxygen atoms in total. The van der Waals surface area contributed by atoms with Crippen LogP contribution in [0.15, 0.2) is 6.07 Å². The summed E-state index contributed by atoms with van der Waals surface area (Å²) in [6.07, 6.45) is 0. The molecule has 0 aliphatic heterocycles. The fraction of sp³-hybridized carbons (Fsp3) is 0.455. The van der Waals surface area contributed by atoms with Gasteiger partial charge in [-0.15, -0.1) is 0 Å². The number of nitrogens with one attached hydrogen (secondary N) is 1. The minimum atomic E-state index is -1.38. The fourth-order valence-corrected chi connectivity index (χ4v) is 1.68. The van der Waals surface area contributed by atoms with Crippen molar-refractivity contribution in [3.63, 3.8) is 0 Å². The summed E-state index contributed by atoms with van der Waals surface area (Å²) in [5.74, 6) is -5.64. The summed E-state index contributed by atoms with van der Waals surface area (Å²) in [5, 5.41) is 2.64. The maximum atomic E-state index is 13.4. The lowest BCUT2D eigenvalue weighted by Gasteiger charge is -2.22. The van der Waals surface area contributed by atoms with Crippen LogP contribution in [-0.4, -0.2) is 7.05 Å². The molecule has 0 saturated heterocycles. The van der Waals surface area contributed by atoms with Gasteiger partial charge in [0.05, 0.1) is 0 Å². The van der Waals surface area contributed by atoms with Crippen molar-refractivity contribution in [2.45, 2.75) is 19.9 Å². The van der Waals surface area contributed by atoms with Gasteiger partial charge in [0.2, 0.25) is 0 Å². The summed E-state index contributed by atoms with van der Waals surface area (Å²) in [6.45, 7) is 3.39. The number of rotatable bonds is 3. The zero-order chi connectivity index (χ0) is 12.5. The van der Waals surface area contributed by atoms with E-state index in [1.54, 1.807) is 13.8 Å². The van der Waals surface area contributed by atoms with Crippen LogP contribution in [0.2, 0.25) is 0 Å². The molecule has 16 heavy (non-hydrogen) atoms. The molecule has 90 valence electrons. The molecule has 1 unspecified atom stereocenters. The third-order valence-electron chi connectivity index (χ3n) is 2.43. The van der Waals surface area contributed by atoms with Crippen molar-refractivity contribution in [2.75, 3.05) is 7.05 Å². The van der Waals surface area contributed by atoms with Gasteiger partial charge in [-0.1, -0.05) is 13.8 Å². The number of halogens is 4. The van der Waals surface area contributed by atoms with Crippen molar-refractivity contribution in [3.8, 4) is 0 Å². The second-order valence-corrected chi connectivity index (χ2v) is 3.89. The predicted molar refractivity (Wildman–Crippen MR) is 52.9 cm³/mol. The Morgan fingerprint density at radius 1 is 1.00 bits per heavy atom. The topological polar surface area (TPSA) is 12.0 Å². The van der Waals surface area contributed by atoms with Crippen molar-refractivity contribution in [2.24, 2.45) is 5.92 Å². The second kappa shape index (κ2) is 4.82. The largest absolute Gasteiger partial charge is 0.313 e.